The Balaban J connectivity index is 1.20. The van der Waals surface area contributed by atoms with Gasteiger partial charge >= 0.3 is 0 Å². The third-order valence-electron chi connectivity index (χ3n) is 5.88. The lowest BCUT2D eigenvalue weighted by molar-refractivity contribution is 0.0619. The summed E-state index contributed by atoms with van der Waals surface area (Å²) >= 11 is 1.47. The molecule has 2 aromatic heterocycles. The molecule has 0 atom stereocenters. The lowest BCUT2D eigenvalue weighted by Gasteiger charge is -2.33. The molecular formula is C25H25N5O2S. The van der Waals surface area contributed by atoms with Crippen LogP contribution in [-0.4, -0.2) is 57.0 Å². The molecule has 3 heterocycles. The van der Waals surface area contributed by atoms with Crippen molar-refractivity contribution in [2.45, 2.75) is 20.4 Å². The predicted octanol–water partition coefficient (Wildman–Crippen LogP) is 4.43. The van der Waals surface area contributed by atoms with Crippen molar-refractivity contribution in [3.8, 4) is 22.0 Å². The lowest BCUT2D eigenvalue weighted by atomic mass is 10.1. The lowest BCUT2D eigenvalue weighted by Crippen LogP contribution is -2.48. The summed E-state index contributed by atoms with van der Waals surface area (Å²) in [6.07, 6.45) is 0. The molecule has 8 heteroatoms. The molecule has 5 rings (SSSR count). The number of piperazine rings is 1. The number of benzene rings is 2. The predicted molar refractivity (Wildman–Crippen MR) is 128 cm³/mol. The first-order valence-electron chi connectivity index (χ1n) is 11.0. The van der Waals surface area contributed by atoms with Crippen LogP contribution in [0, 0.1) is 13.8 Å². The van der Waals surface area contributed by atoms with Gasteiger partial charge in [-0.25, -0.2) is 4.98 Å². The van der Waals surface area contributed by atoms with Crippen molar-refractivity contribution in [1.82, 2.24) is 24.9 Å². The largest absolute Gasteiger partial charge is 0.338 e. The van der Waals surface area contributed by atoms with E-state index in [-0.39, 0.29) is 5.91 Å². The molecule has 33 heavy (non-hydrogen) atoms. The van der Waals surface area contributed by atoms with Gasteiger partial charge in [-0.05, 0) is 19.4 Å². The number of carbonyl (C=O) groups excluding carboxylic acids is 1. The summed E-state index contributed by atoms with van der Waals surface area (Å²) in [5.74, 6) is 1.28. The summed E-state index contributed by atoms with van der Waals surface area (Å²) < 4.78 is 5.49. The van der Waals surface area contributed by atoms with Gasteiger partial charge in [-0.15, -0.1) is 11.3 Å². The molecule has 168 valence electrons. The van der Waals surface area contributed by atoms with Crippen LogP contribution in [0.15, 0.2) is 59.1 Å². The van der Waals surface area contributed by atoms with E-state index in [4.69, 9.17) is 4.52 Å². The Morgan fingerprint density at radius 3 is 2.45 bits per heavy atom. The summed E-state index contributed by atoms with van der Waals surface area (Å²) in [5.41, 5.74) is 3.93. The zero-order valence-corrected chi connectivity index (χ0v) is 19.5. The number of nitrogens with zero attached hydrogens (tertiary/aromatic N) is 5. The number of amides is 1. The molecule has 7 nitrogen and oxygen atoms in total. The molecule has 1 aliphatic rings. The molecule has 1 saturated heterocycles. The zero-order chi connectivity index (χ0) is 22.8. The van der Waals surface area contributed by atoms with Crippen LogP contribution in [0.5, 0.6) is 0 Å². The van der Waals surface area contributed by atoms with Crippen molar-refractivity contribution in [3.63, 3.8) is 0 Å². The van der Waals surface area contributed by atoms with Crippen molar-refractivity contribution in [3.05, 3.63) is 76.6 Å². The quantitative estimate of drug-likeness (QED) is 0.439. The van der Waals surface area contributed by atoms with Crippen molar-refractivity contribution in [1.29, 1.82) is 0 Å². The van der Waals surface area contributed by atoms with E-state index in [2.05, 4.69) is 20.0 Å². The number of rotatable bonds is 5. The van der Waals surface area contributed by atoms with Gasteiger partial charge in [-0.1, -0.05) is 59.8 Å². The highest BCUT2D eigenvalue weighted by molar-refractivity contribution is 7.17. The Morgan fingerprint density at radius 1 is 0.970 bits per heavy atom. The SMILES string of the molecule is Cc1ccccc1-c1noc(CN2CCN(C(=O)c3sc(-c4ccccc4)nc3C)CC2)n1. The van der Waals surface area contributed by atoms with Crippen molar-refractivity contribution in [2.75, 3.05) is 26.2 Å². The van der Waals surface area contributed by atoms with Gasteiger partial charge in [0.1, 0.15) is 9.88 Å². The van der Waals surface area contributed by atoms with E-state index in [0.29, 0.717) is 31.3 Å². The maximum Gasteiger partial charge on any atom is 0.265 e. The fraction of sp³-hybridized carbons (Fsp3) is 0.280. The highest BCUT2D eigenvalue weighted by Crippen LogP contribution is 2.29. The Hall–Kier alpha value is -3.36. The van der Waals surface area contributed by atoms with Gasteiger partial charge in [0, 0.05) is 37.3 Å². The van der Waals surface area contributed by atoms with Crippen molar-refractivity contribution in [2.24, 2.45) is 0 Å². The molecule has 1 aliphatic heterocycles. The maximum absolute atomic E-state index is 13.2. The molecule has 1 amide bonds. The first-order valence-corrected chi connectivity index (χ1v) is 11.8. The van der Waals surface area contributed by atoms with E-state index < -0.39 is 0 Å². The van der Waals surface area contributed by atoms with Gasteiger partial charge in [0.05, 0.1) is 12.2 Å². The second-order valence-electron chi connectivity index (χ2n) is 8.19. The Bertz CT molecular complexity index is 1260. The summed E-state index contributed by atoms with van der Waals surface area (Å²) in [5, 5.41) is 5.03. The summed E-state index contributed by atoms with van der Waals surface area (Å²) in [6, 6.07) is 18.0. The van der Waals surface area contributed by atoms with Crippen molar-refractivity contribution < 1.29 is 9.32 Å². The van der Waals surface area contributed by atoms with E-state index in [1.807, 2.05) is 73.3 Å². The zero-order valence-electron chi connectivity index (χ0n) is 18.7. The molecule has 0 spiro atoms. The number of hydrogen-bond donors (Lipinski definition) is 0. The first kappa shape index (κ1) is 21.5. The van der Waals surface area contributed by atoms with Crippen LogP contribution in [-0.2, 0) is 6.54 Å². The van der Waals surface area contributed by atoms with Crippen LogP contribution < -0.4 is 0 Å². The number of thiazole rings is 1. The molecule has 0 bridgehead atoms. The maximum atomic E-state index is 13.2. The standard InChI is InChI=1S/C25H25N5O2S/c1-17-8-6-7-11-20(17)23-27-21(32-28-23)16-29-12-14-30(15-13-29)25(31)22-18(2)26-24(33-22)19-9-4-3-5-10-19/h3-11H,12-16H2,1-2H3. The van der Waals surface area contributed by atoms with E-state index in [1.54, 1.807) is 0 Å². The van der Waals surface area contributed by atoms with Crippen LogP contribution in [0.4, 0.5) is 0 Å². The van der Waals surface area contributed by atoms with E-state index in [0.717, 1.165) is 45.4 Å². The second-order valence-corrected chi connectivity index (χ2v) is 9.19. The molecule has 1 fully saturated rings. The minimum absolute atomic E-state index is 0.0615. The first-order chi connectivity index (χ1) is 16.1. The van der Waals surface area contributed by atoms with Crippen LogP contribution in [0.2, 0.25) is 0 Å². The molecule has 0 radical (unpaired) electrons. The second kappa shape index (κ2) is 9.25. The Labute approximate surface area is 196 Å². The van der Waals surface area contributed by atoms with Crippen LogP contribution in [0.3, 0.4) is 0 Å². The molecular weight excluding hydrogens is 434 g/mol. The average Bonchev–Trinajstić information content (AvgIpc) is 3.47. The molecule has 0 aliphatic carbocycles. The molecule has 2 aromatic carbocycles. The van der Waals surface area contributed by atoms with Gasteiger partial charge in [0.2, 0.25) is 11.7 Å². The molecule has 4 aromatic rings. The average molecular weight is 460 g/mol. The van der Waals surface area contributed by atoms with Gasteiger partial charge in [0.15, 0.2) is 0 Å². The fourth-order valence-electron chi connectivity index (χ4n) is 4.00. The highest BCUT2D eigenvalue weighted by atomic mass is 32.1. The smallest absolute Gasteiger partial charge is 0.265 e. The third kappa shape index (κ3) is 4.58. The molecule has 0 N–H and O–H groups in total. The Morgan fingerprint density at radius 2 is 1.70 bits per heavy atom. The van der Waals surface area contributed by atoms with Gasteiger partial charge in [-0.3, -0.25) is 9.69 Å². The van der Waals surface area contributed by atoms with Crippen LogP contribution in [0.25, 0.3) is 22.0 Å². The summed E-state index contributed by atoms with van der Waals surface area (Å²) in [4.78, 5) is 27.3. The van der Waals surface area contributed by atoms with Gasteiger partial charge in [-0.2, -0.15) is 4.98 Å². The fourth-order valence-corrected chi connectivity index (χ4v) is 5.03. The summed E-state index contributed by atoms with van der Waals surface area (Å²) in [6.45, 7) is 7.38. The van der Waals surface area contributed by atoms with E-state index in [1.165, 1.54) is 11.3 Å². The highest BCUT2D eigenvalue weighted by Gasteiger charge is 2.26. The van der Waals surface area contributed by atoms with Crippen molar-refractivity contribution >= 4 is 17.2 Å². The molecule has 0 unspecified atom stereocenters. The van der Waals surface area contributed by atoms with E-state index in [9.17, 15) is 4.79 Å². The number of carbonyl (C=O) groups is 1. The number of aryl methyl sites for hydroxylation is 2. The topological polar surface area (TPSA) is 75.4 Å². The minimum atomic E-state index is 0.0615. The minimum Gasteiger partial charge on any atom is -0.338 e. The van der Waals surface area contributed by atoms with Gasteiger partial charge < -0.3 is 9.42 Å². The normalized spacial score (nSPS) is 14.5. The Kier molecular flexibility index (Phi) is 6.02. The number of hydrogen-bond acceptors (Lipinski definition) is 7. The summed E-state index contributed by atoms with van der Waals surface area (Å²) in [7, 11) is 0. The van der Waals surface area contributed by atoms with E-state index >= 15 is 0 Å². The van der Waals surface area contributed by atoms with Gasteiger partial charge in [0.25, 0.3) is 5.91 Å². The van der Waals surface area contributed by atoms with Crippen LogP contribution in [0.1, 0.15) is 26.8 Å². The number of aromatic nitrogens is 3. The van der Waals surface area contributed by atoms with Crippen LogP contribution >= 0.6 is 11.3 Å². The third-order valence-corrected chi connectivity index (χ3v) is 7.08. The molecule has 0 saturated carbocycles. The monoisotopic (exact) mass is 459 g/mol.